The summed E-state index contributed by atoms with van der Waals surface area (Å²) in [4.78, 5) is 4.09. The van der Waals surface area contributed by atoms with Crippen molar-refractivity contribution in [1.82, 2.24) is 4.98 Å². The summed E-state index contributed by atoms with van der Waals surface area (Å²) in [5.41, 5.74) is 6.39. The Morgan fingerprint density at radius 3 is 2.82 bits per heavy atom. The number of nitrogen functional groups attached to an aromatic ring is 1. The topological polar surface area (TPSA) is 48.1 Å². The quantitative estimate of drug-likeness (QED) is 0.783. The molecule has 0 saturated heterocycles. The van der Waals surface area contributed by atoms with Crippen molar-refractivity contribution in [2.24, 2.45) is 0 Å². The normalized spacial score (nSPS) is 9.73. The molecule has 11 heavy (non-hydrogen) atoms. The molecule has 4 heteroatoms. The number of aryl methyl sites for hydroxylation is 1. The molecule has 0 aliphatic carbocycles. The van der Waals surface area contributed by atoms with Crippen LogP contribution in [0.5, 0.6) is 5.75 Å². The first-order chi connectivity index (χ1) is 5.15. The highest BCUT2D eigenvalue weighted by atomic mass is 127. The van der Waals surface area contributed by atoms with Crippen LogP contribution in [0.4, 0.5) is 5.82 Å². The Balaban J connectivity index is 3.21. The number of halogens is 1. The maximum absolute atomic E-state index is 5.57. The summed E-state index contributed by atoms with van der Waals surface area (Å²) < 4.78 is 5.98. The van der Waals surface area contributed by atoms with Crippen LogP contribution in [0.15, 0.2) is 6.07 Å². The van der Waals surface area contributed by atoms with E-state index in [2.05, 4.69) is 27.6 Å². The fourth-order valence-electron chi connectivity index (χ4n) is 0.789. The van der Waals surface area contributed by atoms with Gasteiger partial charge < -0.3 is 10.5 Å². The number of rotatable bonds is 1. The summed E-state index contributed by atoms with van der Waals surface area (Å²) in [6.07, 6.45) is 0. The van der Waals surface area contributed by atoms with Crippen molar-refractivity contribution in [2.45, 2.75) is 6.92 Å². The summed E-state index contributed by atoms with van der Waals surface area (Å²) in [5, 5.41) is 0. The summed E-state index contributed by atoms with van der Waals surface area (Å²) in [5.74, 6) is 1.34. The first kappa shape index (κ1) is 8.58. The SMILES string of the molecule is COc1cc(I)c(N)nc1C. The second-order valence-electron chi connectivity index (χ2n) is 2.14. The van der Waals surface area contributed by atoms with Gasteiger partial charge in [-0.2, -0.15) is 0 Å². The Kier molecular flexibility index (Phi) is 2.53. The molecule has 0 radical (unpaired) electrons. The van der Waals surface area contributed by atoms with Crippen molar-refractivity contribution < 1.29 is 4.74 Å². The van der Waals surface area contributed by atoms with Crippen LogP contribution >= 0.6 is 22.6 Å². The maximum Gasteiger partial charge on any atom is 0.141 e. The fourth-order valence-corrected chi connectivity index (χ4v) is 1.19. The average molecular weight is 264 g/mol. The summed E-state index contributed by atoms with van der Waals surface area (Å²) in [6.45, 7) is 1.87. The monoisotopic (exact) mass is 264 g/mol. The molecule has 0 atom stereocenters. The molecular weight excluding hydrogens is 255 g/mol. The molecule has 1 aromatic rings. The van der Waals surface area contributed by atoms with E-state index in [0.29, 0.717) is 5.82 Å². The van der Waals surface area contributed by atoms with Gasteiger partial charge in [0.25, 0.3) is 0 Å². The van der Waals surface area contributed by atoms with Gasteiger partial charge in [-0.25, -0.2) is 4.98 Å². The standard InChI is InChI=1S/C7H9IN2O/c1-4-6(11-2)3-5(8)7(9)10-4/h3H,1-2H3,(H2,9,10). The van der Waals surface area contributed by atoms with Gasteiger partial charge in [-0.15, -0.1) is 0 Å². The van der Waals surface area contributed by atoms with Gasteiger partial charge in [0.05, 0.1) is 16.4 Å². The molecule has 0 spiro atoms. The highest BCUT2D eigenvalue weighted by molar-refractivity contribution is 14.1. The Bertz CT molecular complexity index is 275. The molecule has 0 aliphatic rings. The van der Waals surface area contributed by atoms with Gasteiger partial charge in [0, 0.05) is 0 Å². The lowest BCUT2D eigenvalue weighted by atomic mass is 10.3. The van der Waals surface area contributed by atoms with E-state index in [1.54, 1.807) is 7.11 Å². The molecule has 1 heterocycles. The van der Waals surface area contributed by atoms with Crippen LogP contribution in [0.3, 0.4) is 0 Å². The molecule has 0 fully saturated rings. The van der Waals surface area contributed by atoms with Crippen LogP contribution < -0.4 is 10.5 Å². The lowest BCUT2D eigenvalue weighted by Crippen LogP contribution is -1.98. The lowest BCUT2D eigenvalue weighted by molar-refractivity contribution is 0.409. The number of ether oxygens (including phenoxy) is 1. The number of methoxy groups -OCH3 is 1. The number of pyridine rings is 1. The van der Waals surface area contributed by atoms with Crippen molar-refractivity contribution >= 4 is 28.4 Å². The largest absolute Gasteiger partial charge is 0.495 e. The van der Waals surface area contributed by atoms with Crippen molar-refractivity contribution in [3.8, 4) is 5.75 Å². The van der Waals surface area contributed by atoms with Crippen LogP contribution in [-0.4, -0.2) is 12.1 Å². The van der Waals surface area contributed by atoms with E-state index in [4.69, 9.17) is 10.5 Å². The zero-order chi connectivity index (χ0) is 8.43. The molecule has 0 saturated carbocycles. The van der Waals surface area contributed by atoms with E-state index in [1.165, 1.54) is 0 Å². The van der Waals surface area contributed by atoms with Gasteiger partial charge in [0.2, 0.25) is 0 Å². The summed E-state index contributed by atoms with van der Waals surface area (Å²) in [6, 6.07) is 1.87. The van der Waals surface area contributed by atoms with E-state index >= 15 is 0 Å². The number of hydrogen-bond acceptors (Lipinski definition) is 3. The van der Waals surface area contributed by atoms with Crippen molar-refractivity contribution in [3.05, 3.63) is 15.3 Å². The molecule has 1 rings (SSSR count). The van der Waals surface area contributed by atoms with Crippen LogP contribution in [0.1, 0.15) is 5.69 Å². The van der Waals surface area contributed by atoms with Gasteiger partial charge in [-0.3, -0.25) is 0 Å². The van der Waals surface area contributed by atoms with E-state index in [9.17, 15) is 0 Å². The van der Waals surface area contributed by atoms with Crippen LogP contribution in [0.25, 0.3) is 0 Å². The Morgan fingerprint density at radius 2 is 2.27 bits per heavy atom. The van der Waals surface area contributed by atoms with Crippen LogP contribution in [0, 0.1) is 10.5 Å². The average Bonchev–Trinajstić information content (AvgIpc) is 1.97. The highest BCUT2D eigenvalue weighted by Crippen LogP contribution is 2.21. The van der Waals surface area contributed by atoms with E-state index in [-0.39, 0.29) is 0 Å². The summed E-state index contributed by atoms with van der Waals surface area (Å²) >= 11 is 2.12. The first-order valence-corrected chi connectivity index (χ1v) is 4.19. The number of aromatic nitrogens is 1. The van der Waals surface area contributed by atoms with Crippen molar-refractivity contribution in [2.75, 3.05) is 12.8 Å². The third kappa shape index (κ3) is 1.74. The van der Waals surface area contributed by atoms with Gasteiger partial charge in [-0.1, -0.05) is 0 Å². The second-order valence-corrected chi connectivity index (χ2v) is 3.31. The predicted molar refractivity (Wildman–Crippen MR) is 52.7 cm³/mol. The number of anilines is 1. The molecule has 0 amide bonds. The first-order valence-electron chi connectivity index (χ1n) is 3.11. The molecule has 0 unspecified atom stereocenters. The predicted octanol–water partition coefficient (Wildman–Crippen LogP) is 1.59. The van der Waals surface area contributed by atoms with Crippen LogP contribution in [0.2, 0.25) is 0 Å². The van der Waals surface area contributed by atoms with Crippen molar-refractivity contribution in [1.29, 1.82) is 0 Å². The second kappa shape index (κ2) is 3.25. The highest BCUT2D eigenvalue weighted by Gasteiger charge is 2.03. The molecule has 3 nitrogen and oxygen atoms in total. The summed E-state index contributed by atoms with van der Waals surface area (Å²) in [7, 11) is 1.62. The fraction of sp³-hybridized carbons (Fsp3) is 0.286. The third-order valence-corrected chi connectivity index (χ3v) is 2.23. The van der Waals surface area contributed by atoms with Gasteiger partial charge in [-0.05, 0) is 35.6 Å². The maximum atomic E-state index is 5.57. The van der Waals surface area contributed by atoms with E-state index < -0.39 is 0 Å². The Labute approximate surface area is 79.1 Å². The number of hydrogen-bond donors (Lipinski definition) is 1. The van der Waals surface area contributed by atoms with Crippen LogP contribution in [-0.2, 0) is 0 Å². The minimum atomic E-state index is 0.559. The molecule has 0 aliphatic heterocycles. The minimum absolute atomic E-state index is 0.559. The lowest BCUT2D eigenvalue weighted by Gasteiger charge is -2.05. The molecule has 0 aromatic carbocycles. The van der Waals surface area contributed by atoms with E-state index in [1.807, 2.05) is 13.0 Å². The Morgan fingerprint density at radius 1 is 1.64 bits per heavy atom. The van der Waals surface area contributed by atoms with Gasteiger partial charge in [0.15, 0.2) is 0 Å². The van der Waals surface area contributed by atoms with E-state index in [0.717, 1.165) is 15.0 Å². The zero-order valence-corrected chi connectivity index (χ0v) is 8.55. The van der Waals surface area contributed by atoms with Crippen molar-refractivity contribution in [3.63, 3.8) is 0 Å². The number of nitrogens with zero attached hydrogens (tertiary/aromatic N) is 1. The third-order valence-electron chi connectivity index (χ3n) is 1.37. The molecule has 2 N–H and O–H groups in total. The number of nitrogens with two attached hydrogens (primary N) is 1. The molecule has 1 aromatic heterocycles. The molecular formula is C7H9IN2O. The smallest absolute Gasteiger partial charge is 0.141 e. The van der Waals surface area contributed by atoms with Gasteiger partial charge in [0.1, 0.15) is 11.6 Å². The molecule has 60 valence electrons. The zero-order valence-electron chi connectivity index (χ0n) is 6.39. The molecule has 0 bridgehead atoms. The minimum Gasteiger partial charge on any atom is -0.495 e. The van der Waals surface area contributed by atoms with Gasteiger partial charge >= 0.3 is 0 Å². The Hall–Kier alpha value is -0.520.